The summed E-state index contributed by atoms with van der Waals surface area (Å²) in [4.78, 5) is 25.9. The number of hydrogen-bond acceptors (Lipinski definition) is 6. The Morgan fingerprint density at radius 3 is 2.67 bits per heavy atom. The highest BCUT2D eigenvalue weighted by Crippen LogP contribution is 2.33. The van der Waals surface area contributed by atoms with E-state index >= 15 is 0 Å². The van der Waals surface area contributed by atoms with Crippen LogP contribution in [-0.4, -0.2) is 58.7 Å². The van der Waals surface area contributed by atoms with Crippen LogP contribution in [0.4, 0.5) is 5.82 Å². The highest BCUT2D eigenvalue weighted by atomic mass is 32.2. The van der Waals surface area contributed by atoms with Crippen molar-refractivity contribution in [3.05, 3.63) is 47.7 Å². The molecule has 0 radical (unpaired) electrons. The van der Waals surface area contributed by atoms with Crippen LogP contribution in [0, 0.1) is 6.92 Å². The Balaban J connectivity index is 1.28. The molecule has 1 aromatic heterocycles. The van der Waals surface area contributed by atoms with Crippen molar-refractivity contribution < 1.29 is 4.79 Å². The van der Waals surface area contributed by atoms with E-state index in [0.29, 0.717) is 25.2 Å². The van der Waals surface area contributed by atoms with E-state index in [1.54, 1.807) is 11.8 Å². The molecule has 3 aliphatic heterocycles. The van der Waals surface area contributed by atoms with Gasteiger partial charge in [0.15, 0.2) is 5.16 Å². The van der Waals surface area contributed by atoms with Gasteiger partial charge < -0.3 is 10.2 Å². The number of nitrogens with zero attached hydrogens (tertiary/aromatic N) is 4. The zero-order valence-corrected chi connectivity index (χ0v) is 16.6. The zero-order chi connectivity index (χ0) is 18.8. The van der Waals surface area contributed by atoms with E-state index in [9.17, 15) is 4.79 Å². The number of aryl methyl sites for hydroxylation is 1. The minimum absolute atomic E-state index is 0.102. The lowest BCUT2D eigenvalue weighted by Crippen LogP contribution is -2.70. The number of carbonyl (C=O) groups is 1. The Morgan fingerprint density at radius 1 is 1.22 bits per heavy atom. The molecule has 0 aliphatic carbocycles. The van der Waals surface area contributed by atoms with Gasteiger partial charge in [0.05, 0.1) is 6.54 Å². The number of piperidine rings is 1. The summed E-state index contributed by atoms with van der Waals surface area (Å²) >= 11 is 1.56. The second-order valence-electron chi connectivity index (χ2n) is 7.28. The van der Waals surface area contributed by atoms with Crippen LogP contribution >= 0.6 is 11.8 Å². The lowest BCUT2D eigenvalue weighted by Gasteiger charge is -2.56. The van der Waals surface area contributed by atoms with Crippen molar-refractivity contribution in [2.75, 3.05) is 30.8 Å². The maximum Gasteiger partial charge on any atom is 0.234 e. The van der Waals surface area contributed by atoms with Gasteiger partial charge in [-0.25, -0.2) is 9.97 Å². The maximum absolute atomic E-state index is 12.4. The predicted molar refractivity (Wildman–Crippen MR) is 108 cm³/mol. The van der Waals surface area contributed by atoms with Gasteiger partial charge in [-0.3, -0.25) is 9.69 Å². The Kier molecular flexibility index (Phi) is 5.31. The topological polar surface area (TPSA) is 61.4 Å². The molecule has 0 spiro atoms. The predicted octanol–water partition coefficient (Wildman–Crippen LogP) is 2.09. The highest BCUT2D eigenvalue weighted by Gasteiger charge is 2.45. The molecule has 3 saturated heterocycles. The van der Waals surface area contributed by atoms with Gasteiger partial charge in [0, 0.05) is 37.9 Å². The van der Waals surface area contributed by atoms with Crippen LogP contribution < -0.4 is 10.2 Å². The van der Waals surface area contributed by atoms with E-state index in [0.717, 1.165) is 29.6 Å². The van der Waals surface area contributed by atoms with E-state index in [-0.39, 0.29) is 5.91 Å². The third kappa shape index (κ3) is 4.09. The Hall–Kier alpha value is -2.12. The quantitative estimate of drug-likeness (QED) is 0.609. The molecule has 27 heavy (non-hydrogen) atoms. The maximum atomic E-state index is 12.4. The molecule has 1 amide bonds. The molecule has 7 heteroatoms. The SMILES string of the molecule is CSc1nccc(N2CC3CC(C2)N3CC(=O)NCc2ccc(C)cc2)n1. The van der Waals surface area contributed by atoms with Crippen molar-refractivity contribution in [1.82, 2.24) is 20.2 Å². The van der Waals surface area contributed by atoms with Crippen molar-refractivity contribution >= 4 is 23.5 Å². The Labute approximate surface area is 164 Å². The number of fused-ring (bicyclic) bond motifs is 2. The van der Waals surface area contributed by atoms with Crippen LogP contribution in [0.2, 0.25) is 0 Å². The molecule has 2 aromatic rings. The number of carbonyl (C=O) groups excluding carboxylic acids is 1. The van der Waals surface area contributed by atoms with Crippen molar-refractivity contribution in [1.29, 1.82) is 0 Å². The average Bonchev–Trinajstić information content (AvgIpc) is 2.71. The molecule has 2 unspecified atom stereocenters. The largest absolute Gasteiger partial charge is 0.353 e. The molecular weight excluding hydrogens is 358 g/mol. The van der Waals surface area contributed by atoms with Crippen LogP contribution in [0.1, 0.15) is 17.5 Å². The second kappa shape index (κ2) is 7.86. The van der Waals surface area contributed by atoms with Crippen LogP contribution in [-0.2, 0) is 11.3 Å². The number of anilines is 1. The Morgan fingerprint density at radius 2 is 1.96 bits per heavy atom. The number of piperazine rings is 1. The fraction of sp³-hybridized carbons (Fsp3) is 0.450. The summed E-state index contributed by atoms with van der Waals surface area (Å²) in [5.74, 6) is 1.10. The van der Waals surface area contributed by atoms with E-state index in [1.165, 1.54) is 12.0 Å². The first kappa shape index (κ1) is 18.3. The summed E-state index contributed by atoms with van der Waals surface area (Å²) in [6, 6.07) is 11.1. The molecule has 6 nitrogen and oxygen atoms in total. The van der Waals surface area contributed by atoms with Gasteiger partial charge >= 0.3 is 0 Å². The van der Waals surface area contributed by atoms with Crippen molar-refractivity contribution in [2.24, 2.45) is 0 Å². The number of nitrogens with one attached hydrogen (secondary N) is 1. The van der Waals surface area contributed by atoms with Crippen LogP contribution in [0.15, 0.2) is 41.7 Å². The van der Waals surface area contributed by atoms with Gasteiger partial charge in [0.1, 0.15) is 5.82 Å². The minimum atomic E-state index is 0.102. The smallest absolute Gasteiger partial charge is 0.234 e. The molecule has 0 saturated carbocycles. The second-order valence-corrected chi connectivity index (χ2v) is 8.06. The van der Waals surface area contributed by atoms with Crippen molar-refractivity contribution in [3.8, 4) is 0 Å². The fourth-order valence-electron chi connectivity index (χ4n) is 3.87. The molecule has 4 heterocycles. The summed E-state index contributed by atoms with van der Waals surface area (Å²) < 4.78 is 0. The summed E-state index contributed by atoms with van der Waals surface area (Å²) in [5.41, 5.74) is 2.37. The molecule has 3 aliphatic rings. The van der Waals surface area contributed by atoms with Crippen LogP contribution in [0.25, 0.3) is 0 Å². The Bertz CT molecular complexity index is 800. The van der Waals surface area contributed by atoms with E-state index in [4.69, 9.17) is 0 Å². The van der Waals surface area contributed by atoms with E-state index < -0.39 is 0 Å². The molecule has 142 valence electrons. The molecule has 2 atom stereocenters. The molecule has 1 N–H and O–H groups in total. The zero-order valence-electron chi connectivity index (χ0n) is 15.8. The van der Waals surface area contributed by atoms with Gasteiger partial charge in [0.25, 0.3) is 0 Å². The molecule has 1 aromatic carbocycles. The lowest BCUT2D eigenvalue weighted by atomic mass is 9.87. The lowest BCUT2D eigenvalue weighted by molar-refractivity contribution is -0.127. The van der Waals surface area contributed by atoms with Crippen LogP contribution in [0.5, 0.6) is 0 Å². The molecule has 3 fully saturated rings. The van der Waals surface area contributed by atoms with Gasteiger partial charge in [-0.05, 0) is 31.2 Å². The van der Waals surface area contributed by atoms with Crippen LogP contribution in [0.3, 0.4) is 0 Å². The minimum Gasteiger partial charge on any atom is -0.353 e. The van der Waals surface area contributed by atoms with Crippen molar-refractivity contribution in [2.45, 2.75) is 37.1 Å². The standard InChI is InChI=1S/C20H25N5OS/c1-14-3-5-15(6-4-14)10-22-19(26)13-25-16-9-17(25)12-24(11-16)18-7-8-21-20(23-18)27-2/h3-8,16-17H,9-13H2,1-2H3,(H,22,26). The average molecular weight is 384 g/mol. The van der Waals surface area contributed by atoms with Gasteiger partial charge in [0.2, 0.25) is 5.91 Å². The van der Waals surface area contributed by atoms with Crippen molar-refractivity contribution in [3.63, 3.8) is 0 Å². The summed E-state index contributed by atoms with van der Waals surface area (Å²) in [5, 5.41) is 3.85. The van der Waals surface area contributed by atoms with Gasteiger partial charge in [-0.2, -0.15) is 0 Å². The summed E-state index contributed by atoms with van der Waals surface area (Å²) in [7, 11) is 0. The first-order valence-corrected chi connectivity index (χ1v) is 10.5. The van der Waals surface area contributed by atoms with E-state index in [2.05, 4.69) is 56.3 Å². The van der Waals surface area contributed by atoms with Gasteiger partial charge in [-0.15, -0.1) is 0 Å². The first-order valence-electron chi connectivity index (χ1n) is 9.32. The monoisotopic (exact) mass is 383 g/mol. The third-order valence-electron chi connectivity index (χ3n) is 5.41. The number of amides is 1. The number of aromatic nitrogens is 2. The third-order valence-corrected chi connectivity index (χ3v) is 5.97. The molecule has 5 rings (SSSR count). The number of hydrogen-bond donors (Lipinski definition) is 1. The summed E-state index contributed by atoms with van der Waals surface area (Å²) in [6.07, 6.45) is 4.98. The highest BCUT2D eigenvalue weighted by molar-refractivity contribution is 7.98. The number of benzene rings is 1. The number of thioether (sulfide) groups is 1. The summed E-state index contributed by atoms with van der Waals surface area (Å²) in [6.45, 7) is 4.98. The fourth-order valence-corrected chi connectivity index (χ4v) is 4.22. The first-order chi connectivity index (χ1) is 13.1. The number of rotatable bonds is 6. The molecule has 2 bridgehead atoms. The van der Waals surface area contributed by atoms with Gasteiger partial charge in [-0.1, -0.05) is 41.6 Å². The molecular formula is C20H25N5OS. The normalized spacial score (nSPS) is 21.6. The van der Waals surface area contributed by atoms with E-state index in [1.807, 2.05) is 18.5 Å².